The Morgan fingerprint density at radius 2 is 1.56 bits per heavy atom. The summed E-state index contributed by atoms with van der Waals surface area (Å²) in [6.07, 6.45) is 1.08. The Morgan fingerprint density at radius 3 is 1.67 bits per heavy atom. The summed E-state index contributed by atoms with van der Waals surface area (Å²) in [5, 5.41) is 0. The Kier molecular flexibility index (Phi) is 6.74. The first kappa shape index (κ1) is 10.9. The standard InChI is InChI=1S/C5H8Br4/c1-3(6)4(7)2-5(8)9/h3-5H,2H2,1H3. The lowest BCUT2D eigenvalue weighted by atomic mass is 10.3. The van der Waals surface area contributed by atoms with Crippen molar-refractivity contribution >= 4 is 63.7 Å². The number of alkyl halides is 4. The Bertz CT molecular complexity index is 71.4. The van der Waals surface area contributed by atoms with Crippen LogP contribution in [0, 0.1) is 0 Å². The maximum absolute atomic E-state index is 3.54. The fraction of sp³-hybridized carbons (Fsp3) is 1.00. The van der Waals surface area contributed by atoms with Gasteiger partial charge >= 0.3 is 0 Å². The van der Waals surface area contributed by atoms with E-state index in [1.165, 1.54) is 0 Å². The van der Waals surface area contributed by atoms with Gasteiger partial charge in [0.05, 0.1) is 3.74 Å². The smallest absolute Gasteiger partial charge is 0.0709 e. The van der Waals surface area contributed by atoms with Gasteiger partial charge in [-0.1, -0.05) is 70.6 Å². The van der Waals surface area contributed by atoms with E-state index in [1.54, 1.807) is 0 Å². The van der Waals surface area contributed by atoms with Gasteiger partial charge in [0.15, 0.2) is 0 Å². The van der Waals surface area contributed by atoms with Crippen LogP contribution in [0.4, 0.5) is 0 Å². The molecule has 0 radical (unpaired) electrons. The second-order valence-electron chi connectivity index (χ2n) is 1.82. The van der Waals surface area contributed by atoms with Crippen molar-refractivity contribution in [3.8, 4) is 0 Å². The van der Waals surface area contributed by atoms with Gasteiger partial charge in [-0.05, 0) is 6.42 Å². The number of hydrogen-bond donors (Lipinski definition) is 0. The lowest BCUT2D eigenvalue weighted by molar-refractivity contribution is 0.829. The molecule has 56 valence electrons. The molecule has 0 fully saturated rings. The first-order valence-electron chi connectivity index (χ1n) is 2.60. The van der Waals surface area contributed by atoms with E-state index in [1.807, 2.05) is 0 Å². The number of halogens is 4. The highest BCUT2D eigenvalue weighted by Gasteiger charge is 2.13. The summed E-state index contributed by atoms with van der Waals surface area (Å²) < 4.78 is 0.411. The van der Waals surface area contributed by atoms with Gasteiger partial charge in [-0.25, -0.2) is 0 Å². The molecular weight excluding hydrogens is 380 g/mol. The molecule has 0 bridgehead atoms. The lowest BCUT2D eigenvalue weighted by Crippen LogP contribution is -2.12. The van der Waals surface area contributed by atoms with Crippen molar-refractivity contribution in [2.45, 2.75) is 26.7 Å². The molecule has 0 N–H and O–H groups in total. The van der Waals surface area contributed by atoms with E-state index in [4.69, 9.17) is 0 Å². The van der Waals surface area contributed by atoms with Crippen LogP contribution in [0.25, 0.3) is 0 Å². The molecule has 0 nitrogen and oxygen atoms in total. The zero-order chi connectivity index (χ0) is 7.44. The first-order valence-corrected chi connectivity index (χ1v) is 6.26. The normalized spacial score (nSPS) is 18.0. The molecule has 0 saturated heterocycles. The molecule has 0 heterocycles. The van der Waals surface area contributed by atoms with Crippen LogP contribution in [-0.4, -0.2) is 13.4 Å². The monoisotopic (exact) mass is 384 g/mol. The number of rotatable bonds is 3. The second kappa shape index (κ2) is 5.56. The van der Waals surface area contributed by atoms with Crippen molar-refractivity contribution in [2.24, 2.45) is 0 Å². The molecule has 2 atom stereocenters. The Balaban J connectivity index is 3.38. The maximum atomic E-state index is 3.54. The van der Waals surface area contributed by atoms with Gasteiger partial charge in [-0.15, -0.1) is 0 Å². The Hall–Kier alpha value is 1.92. The van der Waals surface area contributed by atoms with Crippen molar-refractivity contribution in [3.63, 3.8) is 0 Å². The molecule has 0 aromatic rings. The molecular formula is C5H8Br4. The average Bonchev–Trinajstić information content (AvgIpc) is 1.63. The molecule has 0 aliphatic carbocycles. The van der Waals surface area contributed by atoms with Crippen LogP contribution in [0.2, 0.25) is 0 Å². The Labute approximate surface area is 89.7 Å². The van der Waals surface area contributed by atoms with Crippen LogP contribution < -0.4 is 0 Å². The van der Waals surface area contributed by atoms with Crippen LogP contribution in [0.3, 0.4) is 0 Å². The molecule has 0 spiro atoms. The predicted octanol–water partition coefficient (Wildman–Crippen LogP) is 4.04. The zero-order valence-electron chi connectivity index (χ0n) is 4.95. The van der Waals surface area contributed by atoms with E-state index in [0.29, 0.717) is 13.4 Å². The maximum Gasteiger partial charge on any atom is 0.0709 e. The van der Waals surface area contributed by atoms with E-state index < -0.39 is 0 Å². The molecule has 0 aromatic heterocycles. The van der Waals surface area contributed by atoms with Crippen molar-refractivity contribution in [2.75, 3.05) is 0 Å². The largest absolute Gasteiger partial charge is 0.0882 e. The fourth-order valence-corrected chi connectivity index (χ4v) is 2.76. The van der Waals surface area contributed by atoms with E-state index >= 15 is 0 Å². The second-order valence-corrected chi connectivity index (χ2v) is 7.88. The molecule has 9 heavy (non-hydrogen) atoms. The first-order chi connectivity index (χ1) is 4.04. The predicted molar refractivity (Wildman–Crippen MR) is 57.4 cm³/mol. The summed E-state index contributed by atoms with van der Waals surface area (Å²) >= 11 is 13.8. The van der Waals surface area contributed by atoms with Crippen LogP contribution >= 0.6 is 63.7 Å². The minimum Gasteiger partial charge on any atom is -0.0882 e. The summed E-state index contributed by atoms with van der Waals surface area (Å²) in [6, 6.07) is 0. The Morgan fingerprint density at radius 1 is 1.11 bits per heavy atom. The average molecular weight is 388 g/mol. The van der Waals surface area contributed by atoms with Gasteiger partial charge in [0.1, 0.15) is 0 Å². The summed E-state index contributed by atoms with van der Waals surface area (Å²) in [7, 11) is 0. The van der Waals surface area contributed by atoms with Gasteiger partial charge in [0.2, 0.25) is 0 Å². The highest BCUT2D eigenvalue weighted by atomic mass is 79.9. The molecule has 0 aromatic carbocycles. The van der Waals surface area contributed by atoms with Crippen molar-refractivity contribution in [1.82, 2.24) is 0 Å². The molecule has 0 amide bonds. The summed E-state index contributed by atoms with van der Waals surface area (Å²) in [5.41, 5.74) is 0. The highest BCUT2D eigenvalue weighted by molar-refractivity contribution is 9.24. The molecule has 0 aliphatic rings. The van der Waals surface area contributed by atoms with Crippen molar-refractivity contribution < 1.29 is 0 Å². The van der Waals surface area contributed by atoms with Crippen molar-refractivity contribution in [1.29, 1.82) is 0 Å². The third-order valence-corrected chi connectivity index (χ3v) is 4.16. The van der Waals surface area contributed by atoms with Gasteiger partial charge in [0, 0.05) is 9.65 Å². The molecule has 2 unspecified atom stereocenters. The quantitative estimate of drug-likeness (QED) is 0.641. The van der Waals surface area contributed by atoms with Crippen LogP contribution in [0.5, 0.6) is 0 Å². The summed E-state index contributed by atoms with van der Waals surface area (Å²) in [4.78, 5) is 1.05. The van der Waals surface area contributed by atoms with Crippen LogP contribution in [-0.2, 0) is 0 Å². The van der Waals surface area contributed by atoms with Gasteiger partial charge in [-0.3, -0.25) is 0 Å². The summed E-state index contributed by atoms with van der Waals surface area (Å²) in [6.45, 7) is 2.13. The van der Waals surface area contributed by atoms with Gasteiger partial charge in [0.25, 0.3) is 0 Å². The van der Waals surface area contributed by atoms with E-state index in [9.17, 15) is 0 Å². The summed E-state index contributed by atoms with van der Waals surface area (Å²) in [5.74, 6) is 0. The van der Waals surface area contributed by atoms with Gasteiger partial charge in [-0.2, -0.15) is 0 Å². The fourth-order valence-electron chi connectivity index (χ4n) is 0.358. The van der Waals surface area contributed by atoms with Gasteiger partial charge < -0.3 is 0 Å². The zero-order valence-corrected chi connectivity index (χ0v) is 11.3. The minimum absolute atomic E-state index is 0.411. The minimum atomic E-state index is 0.411. The lowest BCUT2D eigenvalue weighted by Gasteiger charge is -2.11. The van der Waals surface area contributed by atoms with E-state index in [0.717, 1.165) is 6.42 Å². The SMILES string of the molecule is CC(Br)C(Br)CC(Br)Br. The molecule has 4 heteroatoms. The third kappa shape index (κ3) is 6.32. The topological polar surface area (TPSA) is 0 Å². The third-order valence-electron chi connectivity index (χ3n) is 0.902. The van der Waals surface area contributed by atoms with Crippen LogP contribution in [0.15, 0.2) is 0 Å². The molecule has 0 aliphatic heterocycles. The van der Waals surface area contributed by atoms with Crippen molar-refractivity contribution in [3.05, 3.63) is 0 Å². The van der Waals surface area contributed by atoms with E-state index in [2.05, 4.69) is 70.6 Å². The highest BCUT2D eigenvalue weighted by Crippen LogP contribution is 2.24. The number of hydrogen-bond acceptors (Lipinski definition) is 0. The molecule has 0 saturated carbocycles. The van der Waals surface area contributed by atoms with E-state index in [-0.39, 0.29) is 0 Å². The molecule has 0 rings (SSSR count). The van der Waals surface area contributed by atoms with Crippen LogP contribution in [0.1, 0.15) is 13.3 Å².